The fourth-order valence-corrected chi connectivity index (χ4v) is 3.09. The Balaban J connectivity index is 0.00000240. The maximum atomic E-state index is 5.98. The number of rotatable bonds is 5. The molecule has 1 aromatic heterocycles. The molecule has 1 aliphatic rings. The van der Waals surface area contributed by atoms with Crippen molar-refractivity contribution in [1.82, 2.24) is 20.2 Å². The van der Waals surface area contributed by atoms with E-state index in [-0.39, 0.29) is 30.1 Å². The number of benzene rings is 2. The van der Waals surface area contributed by atoms with Crippen LogP contribution in [0.1, 0.15) is 5.56 Å². The summed E-state index contributed by atoms with van der Waals surface area (Å²) in [5, 5.41) is 6.66. The van der Waals surface area contributed by atoms with E-state index in [9.17, 15) is 0 Å². The van der Waals surface area contributed by atoms with E-state index in [2.05, 4.69) is 32.7 Å². The molecule has 2 N–H and O–H groups in total. The van der Waals surface area contributed by atoms with Crippen molar-refractivity contribution < 1.29 is 9.47 Å². The molecule has 1 aliphatic heterocycles. The molecule has 0 spiro atoms. The predicted molar refractivity (Wildman–Crippen MR) is 124 cm³/mol. The smallest absolute Gasteiger partial charge is 0.191 e. The minimum atomic E-state index is -0.0771. The molecule has 0 aliphatic carbocycles. The van der Waals surface area contributed by atoms with Crippen molar-refractivity contribution in [2.24, 2.45) is 4.99 Å². The second-order valence-corrected chi connectivity index (χ2v) is 6.40. The number of nitrogens with zero attached hydrogens (tertiary/aromatic N) is 3. The fraction of sp³-hybridized carbons (Fsp3) is 0.238. The van der Waals surface area contributed by atoms with Crippen molar-refractivity contribution >= 4 is 29.9 Å². The summed E-state index contributed by atoms with van der Waals surface area (Å²) in [5.74, 6) is 2.28. The monoisotopic (exact) mass is 505 g/mol. The summed E-state index contributed by atoms with van der Waals surface area (Å²) in [6, 6.07) is 15.9. The zero-order valence-electron chi connectivity index (χ0n) is 16.1. The minimum absolute atomic E-state index is 0. The molecule has 2 heterocycles. The SMILES string of the molecule is CN=C(NCc1ccccc1-n1ccnc1)NCC1COc2ccccc2O1.I. The minimum Gasteiger partial charge on any atom is -0.486 e. The topological polar surface area (TPSA) is 72.7 Å². The molecule has 7 nitrogen and oxygen atoms in total. The first kappa shape index (κ1) is 21.0. The summed E-state index contributed by atoms with van der Waals surface area (Å²) in [5.41, 5.74) is 2.23. The van der Waals surface area contributed by atoms with Gasteiger partial charge in [-0.05, 0) is 23.8 Å². The first-order valence-electron chi connectivity index (χ1n) is 9.23. The van der Waals surface area contributed by atoms with Crippen molar-refractivity contribution in [1.29, 1.82) is 0 Å². The second-order valence-electron chi connectivity index (χ2n) is 6.40. The van der Waals surface area contributed by atoms with Crippen molar-refractivity contribution in [2.75, 3.05) is 20.2 Å². The van der Waals surface area contributed by atoms with E-state index >= 15 is 0 Å². The second kappa shape index (κ2) is 10.1. The first-order valence-corrected chi connectivity index (χ1v) is 9.23. The lowest BCUT2D eigenvalue weighted by atomic mass is 10.1. The molecule has 2 aromatic carbocycles. The highest BCUT2D eigenvalue weighted by Crippen LogP contribution is 2.30. The van der Waals surface area contributed by atoms with Crippen LogP contribution in [-0.4, -0.2) is 41.8 Å². The van der Waals surface area contributed by atoms with E-state index in [1.807, 2.05) is 47.2 Å². The van der Waals surface area contributed by atoms with Crippen molar-refractivity contribution in [3.63, 3.8) is 0 Å². The summed E-state index contributed by atoms with van der Waals surface area (Å²) < 4.78 is 13.7. The van der Waals surface area contributed by atoms with Gasteiger partial charge in [0, 0.05) is 26.0 Å². The van der Waals surface area contributed by atoms with E-state index in [4.69, 9.17) is 9.47 Å². The Labute approximate surface area is 187 Å². The number of aliphatic imine (C=N–C) groups is 1. The van der Waals surface area contributed by atoms with Crippen LogP contribution in [0.2, 0.25) is 0 Å². The number of hydrogen-bond donors (Lipinski definition) is 2. The zero-order valence-corrected chi connectivity index (χ0v) is 18.4. The zero-order chi connectivity index (χ0) is 19.2. The number of para-hydroxylation sites is 3. The molecule has 0 saturated heterocycles. The first-order chi connectivity index (χ1) is 13.8. The van der Waals surface area contributed by atoms with Crippen LogP contribution in [0.4, 0.5) is 0 Å². The molecule has 0 saturated carbocycles. The number of guanidine groups is 1. The maximum absolute atomic E-state index is 5.98. The van der Waals surface area contributed by atoms with Gasteiger partial charge in [0.05, 0.1) is 18.6 Å². The lowest BCUT2D eigenvalue weighted by Gasteiger charge is -2.27. The Morgan fingerprint density at radius 1 is 1.14 bits per heavy atom. The van der Waals surface area contributed by atoms with Crippen molar-refractivity contribution in [3.8, 4) is 17.2 Å². The van der Waals surface area contributed by atoms with Gasteiger partial charge in [0.2, 0.25) is 0 Å². The molecular formula is C21H24IN5O2. The van der Waals surface area contributed by atoms with Gasteiger partial charge in [-0.15, -0.1) is 24.0 Å². The van der Waals surface area contributed by atoms with Crippen LogP contribution in [0.25, 0.3) is 5.69 Å². The fourth-order valence-electron chi connectivity index (χ4n) is 3.09. The number of fused-ring (bicyclic) bond motifs is 1. The molecule has 152 valence electrons. The van der Waals surface area contributed by atoms with Crippen LogP contribution in [0.3, 0.4) is 0 Å². The normalized spacial score (nSPS) is 15.3. The van der Waals surface area contributed by atoms with Crippen molar-refractivity contribution in [2.45, 2.75) is 12.6 Å². The lowest BCUT2D eigenvalue weighted by molar-refractivity contribution is 0.0936. The lowest BCUT2D eigenvalue weighted by Crippen LogP contribution is -2.45. The highest BCUT2D eigenvalue weighted by atomic mass is 127. The van der Waals surface area contributed by atoms with E-state index in [0.29, 0.717) is 25.7 Å². The highest BCUT2D eigenvalue weighted by molar-refractivity contribution is 14.0. The van der Waals surface area contributed by atoms with E-state index in [1.54, 1.807) is 19.6 Å². The molecule has 0 fully saturated rings. The largest absolute Gasteiger partial charge is 0.486 e. The van der Waals surface area contributed by atoms with Gasteiger partial charge in [-0.25, -0.2) is 4.98 Å². The highest BCUT2D eigenvalue weighted by Gasteiger charge is 2.20. The van der Waals surface area contributed by atoms with Crippen LogP contribution in [-0.2, 0) is 6.54 Å². The van der Waals surface area contributed by atoms with E-state index in [0.717, 1.165) is 22.7 Å². The van der Waals surface area contributed by atoms with Crippen LogP contribution >= 0.6 is 24.0 Å². The third kappa shape index (κ3) is 5.20. The van der Waals surface area contributed by atoms with Crippen LogP contribution in [0.15, 0.2) is 72.2 Å². The number of imidazole rings is 1. The molecule has 1 unspecified atom stereocenters. The van der Waals surface area contributed by atoms with Gasteiger partial charge in [0.25, 0.3) is 0 Å². The summed E-state index contributed by atoms with van der Waals surface area (Å²) >= 11 is 0. The number of nitrogens with one attached hydrogen (secondary N) is 2. The van der Waals surface area contributed by atoms with Gasteiger partial charge in [-0.3, -0.25) is 4.99 Å². The van der Waals surface area contributed by atoms with Crippen LogP contribution in [0, 0.1) is 0 Å². The average molecular weight is 505 g/mol. The quantitative estimate of drug-likeness (QED) is 0.317. The average Bonchev–Trinajstić information content (AvgIpc) is 3.29. The molecule has 4 rings (SSSR count). The van der Waals surface area contributed by atoms with Gasteiger partial charge >= 0.3 is 0 Å². The molecule has 1 atom stereocenters. The van der Waals surface area contributed by atoms with Gasteiger partial charge in [0.15, 0.2) is 17.5 Å². The summed E-state index contributed by atoms with van der Waals surface area (Å²) in [7, 11) is 1.75. The van der Waals surface area contributed by atoms with Gasteiger partial charge in [-0.1, -0.05) is 30.3 Å². The van der Waals surface area contributed by atoms with E-state index in [1.165, 1.54) is 0 Å². The standard InChI is InChI=1S/C21H23N5O2.HI/c1-22-21(25-13-17-14-27-19-8-4-5-9-20(19)28-17)24-12-16-6-2-3-7-18(16)26-11-10-23-15-26;/h2-11,15,17H,12-14H2,1H3,(H2,22,24,25);1H. The molecule has 8 heteroatoms. The summed E-state index contributed by atoms with van der Waals surface area (Å²) in [6.07, 6.45) is 5.43. The van der Waals surface area contributed by atoms with Gasteiger partial charge in [0.1, 0.15) is 12.7 Å². The third-order valence-corrected chi connectivity index (χ3v) is 4.51. The van der Waals surface area contributed by atoms with Gasteiger partial charge in [-0.2, -0.15) is 0 Å². The third-order valence-electron chi connectivity index (χ3n) is 4.51. The number of aromatic nitrogens is 2. The molecule has 0 bridgehead atoms. The molecular weight excluding hydrogens is 481 g/mol. The van der Waals surface area contributed by atoms with Crippen molar-refractivity contribution in [3.05, 3.63) is 72.8 Å². The Kier molecular flexibility index (Phi) is 7.34. The Bertz CT molecular complexity index is 946. The van der Waals surface area contributed by atoms with Crippen LogP contribution in [0.5, 0.6) is 11.5 Å². The summed E-state index contributed by atoms with van der Waals surface area (Å²) in [4.78, 5) is 8.43. The Morgan fingerprint density at radius 2 is 1.93 bits per heavy atom. The Hall–Kier alpha value is -2.75. The molecule has 0 radical (unpaired) electrons. The molecule has 0 amide bonds. The maximum Gasteiger partial charge on any atom is 0.191 e. The molecule has 3 aromatic rings. The molecule has 29 heavy (non-hydrogen) atoms. The van der Waals surface area contributed by atoms with Gasteiger partial charge < -0.3 is 24.7 Å². The number of ether oxygens (including phenoxy) is 2. The van der Waals surface area contributed by atoms with E-state index < -0.39 is 0 Å². The predicted octanol–water partition coefficient (Wildman–Crippen LogP) is 3.00. The summed E-state index contributed by atoms with van der Waals surface area (Å²) in [6.45, 7) is 1.74. The number of halogens is 1. The Morgan fingerprint density at radius 3 is 2.72 bits per heavy atom. The number of hydrogen-bond acceptors (Lipinski definition) is 4. The van der Waals surface area contributed by atoms with Crippen LogP contribution < -0.4 is 20.1 Å².